The number of benzene rings is 1. The highest BCUT2D eigenvalue weighted by Gasteiger charge is 2.17. The van der Waals surface area contributed by atoms with Crippen molar-refractivity contribution in [1.82, 2.24) is 20.9 Å². The molecule has 3 rings (SSSR count). The highest BCUT2D eigenvalue weighted by atomic mass is 16.1. The van der Waals surface area contributed by atoms with Gasteiger partial charge in [-0.2, -0.15) is 0 Å². The van der Waals surface area contributed by atoms with Crippen molar-refractivity contribution in [2.75, 3.05) is 26.2 Å². The molecule has 0 bridgehead atoms. The first-order valence-electron chi connectivity index (χ1n) is 10.6. The van der Waals surface area contributed by atoms with E-state index in [1.807, 2.05) is 6.07 Å². The molecule has 1 aliphatic rings. The minimum absolute atomic E-state index is 0.176. The zero-order valence-electron chi connectivity index (χ0n) is 16.9. The van der Waals surface area contributed by atoms with Crippen LogP contribution in [0.5, 0.6) is 0 Å². The van der Waals surface area contributed by atoms with Crippen LogP contribution in [0.15, 0.2) is 35.5 Å². The molecule has 0 aliphatic heterocycles. The lowest BCUT2D eigenvalue weighted by Crippen LogP contribution is -2.41. The largest absolute Gasteiger partial charge is 0.361 e. The maximum atomic E-state index is 12.0. The summed E-state index contributed by atoms with van der Waals surface area (Å²) in [4.78, 5) is 20.0. The van der Waals surface area contributed by atoms with Gasteiger partial charge in [-0.15, -0.1) is 0 Å². The van der Waals surface area contributed by atoms with Gasteiger partial charge in [-0.1, -0.05) is 31.0 Å². The van der Waals surface area contributed by atoms with E-state index < -0.39 is 0 Å². The van der Waals surface area contributed by atoms with Crippen LogP contribution in [0.2, 0.25) is 0 Å². The number of guanidine groups is 1. The third-order valence-corrected chi connectivity index (χ3v) is 5.36. The molecule has 4 N–H and O–H groups in total. The van der Waals surface area contributed by atoms with Crippen molar-refractivity contribution in [2.24, 2.45) is 10.9 Å². The number of aliphatic imine (C=N–C) groups is 1. The molecule has 6 heteroatoms. The number of nitrogens with zero attached hydrogens (tertiary/aromatic N) is 1. The number of hydrogen-bond donors (Lipinski definition) is 4. The Labute approximate surface area is 167 Å². The predicted molar refractivity (Wildman–Crippen MR) is 116 cm³/mol. The van der Waals surface area contributed by atoms with Crippen LogP contribution in [-0.2, 0) is 11.2 Å². The average molecular weight is 384 g/mol. The second kappa shape index (κ2) is 10.7. The summed E-state index contributed by atoms with van der Waals surface area (Å²) in [6, 6.07) is 8.34. The summed E-state index contributed by atoms with van der Waals surface area (Å²) in [6.07, 6.45) is 8.61. The van der Waals surface area contributed by atoms with Crippen LogP contribution in [0.25, 0.3) is 10.9 Å². The zero-order chi connectivity index (χ0) is 19.6. The van der Waals surface area contributed by atoms with Crippen molar-refractivity contribution >= 4 is 22.8 Å². The number of nitrogens with one attached hydrogen (secondary N) is 4. The first kappa shape index (κ1) is 20.2. The fourth-order valence-electron chi connectivity index (χ4n) is 3.90. The van der Waals surface area contributed by atoms with Crippen LogP contribution in [0.1, 0.15) is 44.6 Å². The summed E-state index contributed by atoms with van der Waals surface area (Å²) in [5.74, 6) is 1.57. The predicted octanol–water partition coefficient (Wildman–Crippen LogP) is 2.96. The van der Waals surface area contributed by atoms with E-state index >= 15 is 0 Å². The van der Waals surface area contributed by atoms with Gasteiger partial charge in [-0.05, 0) is 43.7 Å². The Morgan fingerprint density at radius 1 is 1.14 bits per heavy atom. The fraction of sp³-hybridized carbons (Fsp3) is 0.545. The normalized spacial score (nSPS) is 15.1. The first-order chi connectivity index (χ1) is 13.8. The van der Waals surface area contributed by atoms with Gasteiger partial charge in [0.05, 0.1) is 0 Å². The molecule has 1 aromatic carbocycles. The van der Waals surface area contributed by atoms with E-state index in [1.165, 1.54) is 42.1 Å². The van der Waals surface area contributed by atoms with E-state index in [0.717, 1.165) is 18.9 Å². The van der Waals surface area contributed by atoms with Gasteiger partial charge < -0.3 is 20.9 Å². The molecule has 6 nitrogen and oxygen atoms in total. The van der Waals surface area contributed by atoms with Gasteiger partial charge in [-0.25, -0.2) is 0 Å². The minimum atomic E-state index is 0.176. The van der Waals surface area contributed by atoms with Gasteiger partial charge in [0, 0.05) is 49.7 Å². The van der Waals surface area contributed by atoms with E-state index in [0.29, 0.717) is 32.0 Å². The van der Waals surface area contributed by atoms with Gasteiger partial charge in [0.2, 0.25) is 5.91 Å². The fourth-order valence-corrected chi connectivity index (χ4v) is 3.90. The zero-order valence-corrected chi connectivity index (χ0v) is 16.9. The maximum Gasteiger partial charge on any atom is 0.220 e. The van der Waals surface area contributed by atoms with Crippen LogP contribution >= 0.6 is 0 Å². The van der Waals surface area contributed by atoms with Crippen LogP contribution in [0, 0.1) is 5.92 Å². The Morgan fingerprint density at radius 3 is 2.75 bits per heavy atom. The number of carbonyl (C=O) groups is 1. The van der Waals surface area contributed by atoms with Gasteiger partial charge in [-0.3, -0.25) is 9.79 Å². The molecule has 1 heterocycles. The van der Waals surface area contributed by atoms with Crippen molar-refractivity contribution in [1.29, 1.82) is 0 Å². The molecule has 0 unspecified atom stereocenters. The summed E-state index contributed by atoms with van der Waals surface area (Å²) < 4.78 is 0. The summed E-state index contributed by atoms with van der Waals surface area (Å²) >= 11 is 0. The second-order valence-corrected chi connectivity index (χ2v) is 7.50. The Bertz CT molecular complexity index is 776. The Kier molecular flexibility index (Phi) is 7.76. The summed E-state index contributed by atoms with van der Waals surface area (Å²) in [5.41, 5.74) is 2.45. The van der Waals surface area contributed by atoms with E-state index in [2.05, 4.69) is 57.2 Å². The molecule has 1 saturated carbocycles. The van der Waals surface area contributed by atoms with Crippen LogP contribution in [0.4, 0.5) is 0 Å². The van der Waals surface area contributed by atoms with E-state index in [1.54, 1.807) is 0 Å². The smallest absolute Gasteiger partial charge is 0.220 e. The Balaban J connectivity index is 1.39. The van der Waals surface area contributed by atoms with Gasteiger partial charge >= 0.3 is 0 Å². The van der Waals surface area contributed by atoms with E-state index in [4.69, 9.17) is 0 Å². The highest BCUT2D eigenvalue weighted by Crippen LogP contribution is 2.27. The quantitative estimate of drug-likeness (QED) is 0.305. The number of hydrogen-bond acceptors (Lipinski definition) is 2. The number of fused-ring (bicyclic) bond motifs is 1. The van der Waals surface area contributed by atoms with Crippen LogP contribution in [-0.4, -0.2) is 43.0 Å². The molecule has 1 fully saturated rings. The lowest BCUT2D eigenvalue weighted by Gasteiger charge is -2.13. The molecule has 0 spiro atoms. The topological polar surface area (TPSA) is 81.3 Å². The monoisotopic (exact) mass is 383 g/mol. The average Bonchev–Trinajstić information content (AvgIpc) is 3.35. The molecule has 2 aromatic rings. The van der Waals surface area contributed by atoms with Gasteiger partial charge in [0.25, 0.3) is 0 Å². The summed E-state index contributed by atoms with van der Waals surface area (Å²) in [5, 5.41) is 10.9. The lowest BCUT2D eigenvalue weighted by atomic mass is 10.0. The highest BCUT2D eigenvalue weighted by molar-refractivity contribution is 5.83. The molecule has 152 valence electrons. The molecule has 0 radical (unpaired) electrons. The molecule has 0 saturated heterocycles. The Hall–Kier alpha value is -2.50. The number of carbonyl (C=O) groups excluding carboxylic acids is 1. The molecular formula is C22H33N5O. The van der Waals surface area contributed by atoms with Crippen molar-refractivity contribution in [3.8, 4) is 0 Å². The Morgan fingerprint density at radius 2 is 1.93 bits per heavy atom. The number of H-pyrrole nitrogens is 1. The standard InChI is InChI=1S/C22H33N5O/c1-2-23-22(26-14-13-24-21(28)15-17-7-3-4-8-17)25-12-11-18-16-27-20-10-6-5-9-19(18)20/h5-6,9-10,16-17,27H,2-4,7-8,11-15H2,1H3,(H,24,28)(H2,23,25,26). The summed E-state index contributed by atoms with van der Waals surface area (Å²) in [6.45, 7) is 4.88. The van der Waals surface area contributed by atoms with Crippen molar-refractivity contribution in [3.63, 3.8) is 0 Å². The third-order valence-electron chi connectivity index (χ3n) is 5.36. The van der Waals surface area contributed by atoms with E-state index in [9.17, 15) is 4.79 Å². The number of aromatic nitrogens is 1. The van der Waals surface area contributed by atoms with E-state index in [-0.39, 0.29) is 5.91 Å². The third kappa shape index (κ3) is 6.01. The van der Waals surface area contributed by atoms with Crippen molar-refractivity contribution < 1.29 is 4.79 Å². The minimum Gasteiger partial charge on any atom is -0.361 e. The number of para-hydroxylation sites is 1. The van der Waals surface area contributed by atoms with Crippen LogP contribution in [0.3, 0.4) is 0 Å². The lowest BCUT2D eigenvalue weighted by molar-refractivity contribution is -0.121. The number of aromatic amines is 1. The summed E-state index contributed by atoms with van der Waals surface area (Å²) in [7, 11) is 0. The molecule has 1 aromatic heterocycles. The molecule has 28 heavy (non-hydrogen) atoms. The number of rotatable bonds is 9. The van der Waals surface area contributed by atoms with Crippen LogP contribution < -0.4 is 16.0 Å². The second-order valence-electron chi connectivity index (χ2n) is 7.50. The van der Waals surface area contributed by atoms with Crippen molar-refractivity contribution in [2.45, 2.75) is 45.4 Å². The van der Waals surface area contributed by atoms with Gasteiger partial charge in [0.1, 0.15) is 0 Å². The van der Waals surface area contributed by atoms with Crippen molar-refractivity contribution in [3.05, 3.63) is 36.0 Å². The molecule has 0 atom stereocenters. The number of amides is 1. The molecule has 1 amide bonds. The molecule has 1 aliphatic carbocycles. The molecular weight excluding hydrogens is 350 g/mol. The maximum absolute atomic E-state index is 12.0. The van der Waals surface area contributed by atoms with Gasteiger partial charge in [0.15, 0.2) is 5.96 Å². The first-order valence-corrected chi connectivity index (χ1v) is 10.6. The SMILES string of the molecule is CCNC(=NCCc1c[nH]c2ccccc12)NCCNC(=O)CC1CCCC1.